The zero-order chi connectivity index (χ0) is 24.4. The summed E-state index contributed by atoms with van der Waals surface area (Å²) in [7, 11) is 0. The second kappa shape index (κ2) is 9.45. The Morgan fingerprint density at radius 1 is 1.31 bits per heavy atom. The van der Waals surface area contributed by atoms with Gasteiger partial charge >= 0.3 is 0 Å². The molecule has 0 aromatic carbocycles. The number of carbonyl (C=O) groups excluding carboxylic acids is 4. The van der Waals surface area contributed by atoms with Gasteiger partial charge in [-0.3, -0.25) is 19.2 Å². The van der Waals surface area contributed by atoms with Crippen molar-refractivity contribution in [1.82, 2.24) is 15.5 Å². The van der Waals surface area contributed by atoms with Gasteiger partial charge in [-0.05, 0) is 29.1 Å². The molecule has 1 saturated carbocycles. The molecule has 3 amide bonds. The summed E-state index contributed by atoms with van der Waals surface area (Å²) in [5.41, 5.74) is 5.65. The normalized spacial score (nSPS) is 25.0. The van der Waals surface area contributed by atoms with Gasteiger partial charge < -0.3 is 21.3 Å². The number of nitrogens with two attached hydrogens (primary N) is 1. The Morgan fingerprint density at radius 2 is 1.94 bits per heavy atom. The zero-order valence-electron chi connectivity index (χ0n) is 19.7. The largest absolute Gasteiger partial charge is 0.346 e. The number of piperidine rings is 1. The molecular weight excluding hydrogens is 408 g/mol. The number of hydrogen-bond donors (Lipinski definition) is 3. The minimum absolute atomic E-state index is 0.0309. The molecule has 32 heavy (non-hydrogen) atoms. The average Bonchev–Trinajstić information content (AvgIpc) is 3.05. The van der Waals surface area contributed by atoms with E-state index in [1.165, 1.54) is 6.08 Å². The highest BCUT2D eigenvalue weighted by Gasteiger charge is 2.69. The van der Waals surface area contributed by atoms with Gasteiger partial charge in [0.1, 0.15) is 6.04 Å². The Hall–Kier alpha value is -2.66. The van der Waals surface area contributed by atoms with Crippen LogP contribution < -0.4 is 16.4 Å². The second-order valence-corrected chi connectivity index (χ2v) is 10.4. The number of amides is 3. The molecular formula is C24H36N4O4. The van der Waals surface area contributed by atoms with Crippen molar-refractivity contribution in [2.24, 2.45) is 28.4 Å². The number of carbonyl (C=O) groups is 4. The molecule has 8 heteroatoms. The van der Waals surface area contributed by atoms with E-state index < -0.39 is 41.1 Å². The van der Waals surface area contributed by atoms with Crippen LogP contribution in [-0.2, 0) is 19.2 Å². The summed E-state index contributed by atoms with van der Waals surface area (Å²) < 4.78 is 0. The van der Waals surface area contributed by atoms with Gasteiger partial charge in [0.25, 0.3) is 5.91 Å². The molecule has 0 aromatic rings. The molecule has 1 aliphatic heterocycles. The van der Waals surface area contributed by atoms with Gasteiger partial charge in [-0.1, -0.05) is 40.7 Å². The molecule has 2 rings (SSSR count). The molecule has 5 atom stereocenters. The lowest BCUT2D eigenvalue weighted by atomic mass is 9.86. The Balaban J connectivity index is 2.24. The topological polar surface area (TPSA) is 122 Å². The molecule has 1 saturated heterocycles. The molecule has 1 aliphatic carbocycles. The summed E-state index contributed by atoms with van der Waals surface area (Å²) in [6, 6.07) is -2.58. The van der Waals surface area contributed by atoms with Gasteiger partial charge in [-0.25, -0.2) is 0 Å². The minimum Gasteiger partial charge on any atom is -0.346 e. The van der Waals surface area contributed by atoms with Crippen LogP contribution in [0, 0.1) is 35.0 Å². The summed E-state index contributed by atoms with van der Waals surface area (Å²) in [5, 5.41) is 5.13. The lowest BCUT2D eigenvalue weighted by Gasteiger charge is -2.36. The Morgan fingerprint density at radius 3 is 2.47 bits per heavy atom. The maximum Gasteiger partial charge on any atom is 0.289 e. The highest BCUT2D eigenvalue weighted by molar-refractivity contribution is 6.38. The molecule has 0 aromatic heterocycles. The first-order valence-electron chi connectivity index (χ1n) is 11.0. The molecule has 0 bridgehead atoms. The number of hydrogen-bond acceptors (Lipinski definition) is 5. The van der Waals surface area contributed by atoms with E-state index in [0.717, 1.165) is 0 Å². The number of fused-ring (bicyclic) bond motifs is 1. The SMILES string of the molecule is C#CCCC(NC(=O)[C@@H]1[C@@H]2[C@H](CN1C(=O)[C@@H](N)C(C)(C)C)C2(C)C)C(=O)C(=O)NCC=C. The molecule has 1 unspecified atom stereocenters. The number of nitrogens with zero attached hydrogens (tertiary/aromatic N) is 1. The maximum atomic E-state index is 13.4. The molecule has 2 fully saturated rings. The minimum atomic E-state index is -1.07. The molecule has 2 aliphatic rings. The van der Waals surface area contributed by atoms with E-state index in [-0.39, 0.29) is 42.5 Å². The number of Topliss-reactive ketones (excluding diaryl/α,β-unsaturated/α-hetero) is 1. The van der Waals surface area contributed by atoms with E-state index in [1.54, 1.807) is 4.90 Å². The number of ketones is 1. The van der Waals surface area contributed by atoms with Crippen LogP contribution in [0.2, 0.25) is 0 Å². The fourth-order valence-corrected chi connectivity index (χ4v) is 4.53. The number of terminal acetylenes is 1. The second-order valence-electron chi connectivity index (χ2n) is 10.4. The van der Waals surface area contributed by atoms with Crippen LogP contribution in [-0.4, -0.2) is 59.6 Å². The van der Waals surface area contributed by atoms with Crippen molar-refractivity contribution in [2.45, 2.75) is 65.6 Å². The standard InChI is InChI=1S/C24H36N4O4/c1-8-10-11-15(18(29)21(31)26-12-9-2)27-20(30)17-16-14(24(16,6)7)13-28(17)22(32)19(25)23(3,4)5/h1,9,14-17,19H,2,10-13,25H2,3-7H3,(H,26,31)(H,27,30)/t14-,15?,16-,17-,19+/m0/s1. The summed E-state index contributed by atoms with van der Waals surface area (Å²) in [6.45, 7) is 13.8. The Kier molecular flexibility index (Phi) is 7.56. The van der Waals surface area contributed by atoms with Crippen molar-refractivity contribution < 1.29 is 19.2 Å². The summed E-state index contributed by atoms with van der Waals surface area (Å²) in [6.07, 6.45) is 7.13. The molecule has 0 radical (unpaired) electrons. The molecule has 176 valence electrons. The summed E-state index contributed by atoms with van der Waals surface area (Å²) >= 11 is 0. The maximum absolute atomic E-state index is 13.4. The summed E-state index contributed by atoms with van der Waals surface area (Å²) in [4.78, 5) is 52.9. The van der Waals surface area contributed by atoms with Gasteiger partial charge in [-0.15, -0.1) is 18.9 Å². The van der Waals surface area contributed by atoms with Crippen molar-refractivity contribution in [3.05, 3.63) is 12.7 Å². The van der Waals surface area contributed by atoms with Crippen LogP contribution in [0.4, 0.5) is 0 Å². The first-order chi connectivity index (χ1) is 14.8. The van der Waals surface area contributed by atoms with Crippen LogP contribution in [0.25, 0.3) is 0 Å². The van der Waals surface area contributed by atoms with Crippen molar-refractivity contribution in [3.8, 4) is 12.3 Å². The van der Waals surface area contributed by atoms with Crippen molar-refractivity contribution in [1.29, 1.82) is 0 Å². The Labute approximate surface area is 190 Å². The van der Waals surface area contributed by atoms with E-state index in [4.69, 9.17) is 12.2 Å². The van der Waals surface area contributed by atoms with Gasteiger partial charge in [0.05, 0.1) is 12.1 Å². The van der Waals surface area contributed by atoms with Crippen LogP contribution in [0.5, 0.6) is 0 Å². The highest BCUT2D eigenvalue weighted by atomic mass is 16.2. The lowest BCUT2D eigenvalue weighted by molar-refractivity contribution is -0.144. The third-order valence-corrected chi connectivity index (χ3v) is 6.80. The number of nitrogens with one attached hydrogen (secondary N) is 2. The lowest BCUT2D eigenvalue weighted by Crippen LogP contribution is -2.59. The monoisotopic (exact) mass is 444 g/mol. The van der Waals surface area contributed by atoms with Gasteiger partial charge in [0, 0.05) is 19.5 Å². The molecule has 4 N–H and O–H groups in total. The van der Waals surface area contributed by atoms with E-state index >= 15 is 0 Å². The zero-order valence-corrected chi connectivity index (χ0v) is 19.7. The molecule has 8 nitrogen and oxygen atoms in total. The third-order valence-electron chi connectivity index (χ3n) is 6.80. The number of likely N-dealkylation sites (tertiary alicyclic amines) is 1. The number of rotatable bonds is 9. The quantitative estimate of drug-likeness (QED) is 0.273. The van der Waals surface area contributed by atoms with E-state index in [2.05, 4.69) is 37.0 Å². The third kappa shape index (κ3) is 5.04. The predicted molar refractivity (Wildman–Crippen MR) is 122 cm³/mol. The molecule has 1 heterocycles. The predicted octanol–water partition coefficient (Wildman–Crippen LogP) is 0.612. The fraction of sp³-hybridized carbons (Fsp3) is 0.667. The van der Waals surface area contributed by atoms with Crippen molar-refractivity contribution >= 4 is 23.5 Å². The van der Waals surface area contributed by atoms with Gasteiger partial charge in [0.15, 0.2) is 0 Å². The van der Waals surface area contributed by atoms with Gasteiger partial charge in [-0.2, -0.15) is 0 Å². The van der Waals surface area contributed by atoms with Crippen LogP contribution >= 0.6 is 0 Å². The van der Waals surface area contributed by atoms with Crippen LogP contribution in [0.1, 0.15) is 47.5 Å². The van der Waals surface area contributed by atoms with Gasteiger partial charge in [0.2, 0.25) is 17.6 Å². The summed E-state index contributed by atoms with van der Waals surface area (Å²) in [5.74, 6) is 0.265. The van der Waals surface area contributed by atoms with Crippen LogP contribution in [0.15, 0.2) is 12.7 Å². The highest BCUT2D eigenvalue weighted by Crippen LogP contribution is 2.65. The first kappa shape index (κ1) is 25.6. The van der Waals surface area contributed by atoms with Crippen molar-refractivity contribution in [2.75, 3.05) is 13.1 Å². The average molecular weight is 445 g/mol. The van der Waals surface area contributed by atoms with E-state index in [9.17, 15) is 19.2 Å². The molecule has 0 spiro atoms. The van der Waals surface area contributed by atoms with Crippen LogP contribution in [0.3, 0.4) is 0 Å². The van der Waals surface area contributed by atoms with E-state index in [1.807, 2.05) is 20.8 Å². The Bertz CT molecular complexity index is 836. The fourth-order valence-electron chi connectivity index (χ4n) is 4.53. The van der Waals surface area contributed by atoms with Crippen molar-refractivity contribution in [3.63, 3.8) is 0 Å². The smallest absolute Gasteiger partial charge is 0.289 e. The van der Waals surface area contributed by atoms with E-state index in [0.29, 0.717) is 6.54 Å². The first-order valence-corrected chi connectivity index (χ1v) is 11.0.